The van der Waals surface area contributed by atoms with Crippen molar-refractivity contribution in [3.05, 3.63) is 41.0 Å². The van der Waals surface area contributed by atoms with E-state index in [2.05, 4.69) is 5.32 Å². The number of imide groups is 1. The molecule has 0 radical (unpaired) electrons. The van der Waals surface area contributed by atoms with Gasteiger partial charge in [0, 0.05) is 25.0 Å². The Morgan fingerprint density at radius 1 is 1.21 bits per heavy atom. The molecule has 5 amide bonds. The Balaban J connectivity index is 1.57. The summed E-state index contributed by atoms with van der Waals surface area (Å²) in [5.74, 6) is -2.16. The number of hydrogen-bond donors (Lipinski definition) is 3. The number of benzene rings is 1. The number of nitrogens with zero attached hydrogens (tertiary/aromatic N) is 1. The minimum Gasteiger partial charge on any atom is -0.337 e. The van der Waals surface area contributed by atoms with Gasteiger partial charge in [-0.2, -0.15) is 0 Å². The van der Waals surface area contributed by atoms with Crippen LogP contribution in [0.5, 0.6) is 0 Å². The third-order valence-corrected chi connectivity index (χ3v) is 6.95. The van der Waals surface area contributed by atoms with E-state index < -0.39 is 53.2 Å². The lowest BCUT2D eigenvalue weighted by Gasteiger charge is -2.26. The Morgan fingerprint density at radius 3 is 2.56 bits per heavy atom. The molecule has 2 atom stereocenters. The summed E-state index contributed by atoms with van der Waals surface area (Å²) in [6.45, 7) is 5.30. The second kappa shape index (κ2) is 11.0. The summed E-state index contributed by atoms with van der Waals surface area (Å²) in [4.78, 5) is 38.1. The van der Waals surface area contributed by atoms with Gasteiger partial charge in [-0.25, -0.2) is 22.7 Å². The monoisotopic (exact) mass is 496 g/mol. The zero-order valence-corrected chi connectivity index (χ0v) is 20.3. The normalized spacial score (nSPS) is 30.8. The highest BCUT2D eigenvalue weighted by atomic mass is 32.2. The van der Waals surface area contributed by atoms with Crippen LogP contribution in [0.3, 0.4) is 0 Å². The van der Waals surface area contributed by atoms with Gasteiger partial charge in [0.2, 0.25) is 0 Å². The van der Waals surface area contributed by atoms with Crippen molar-refractivity contribution < 1.29 is 31.0 Å². The van der Waals surface area contributed by atoms with E-state index in [4.69, 9.17) is 8.22 Å². The molecule has 1 saturated carbocycles. The van der Waals surface area contributed by atoms with Crippen molar-refractivity contribution in [1.82, 2.24) is 20.3 Å². The van der Waals surface area contributed by atoms with Crippen molar-refractivity contribution in [3.8, 4) is 0 Å². The van der Waals surface area contributed by atoms with E-state index in [0.29, 0.717) is 24.0 Å². The molecule has 1 aromatic rings. The molecular weight excluding hydrogens is 456 g/mol. The first-order chi connectivity index (χ1) is 18.3. The lowest BCUT2D eigenvalue weighted by atomic mass is 9.87. The third kappa shape index (κ3) is 6.37. The lowest BCUT2D eigenvalue weighted by Crippen LogP contribution is -2.45. The fourth-order valence-electron chi connectivity index (χ4n) is 3.67. The maximum absolute atomic E-state index is 12.7. The second-order valence-electron chi connectivity index (χ2n) is 8.20. The van der Waals surface area contributed by atoms with Crippen molar-refractivity contribution in [3.63, 3.8) is 0 Å². The van der Waals surface area contributed by atoms with E-state index in [9.17, 15) is 22.8 Å². The van der Waals surface area contributed by atoms with Gasteiger partial charge in [-0.3, -0.25) is 9.69 Å². The van der Waals surface area contributed by atoms with Gasteiger partial charge in [0.05, 0.1) is 12.8 Å². The summed E-state index contributed by atoms with van der Waals surface area (Å²) in [6, 6.07) is 0.999. The molecule has 0 aromatic heterocycles. The SMILES string of the molecule is [2H]C1([2H])C([2H])([2H])[C@@]([2H])(NC(=O)NS(=O)(=O)c2ccc(CCNC(=O)N3CC(C)=C(CC)C3=O)cc2)CC[C@]1([2H])C. The molecule has 10 heteroatoms. The maximum Gasteiger partial charge on any atom is 0.328 e. The van der Waals surface area contributed by atoms with E-state index in [-0.39, 0.29) is 30.3 Å². The van der Waals surface area contributed by atoms with Gasteiger partial charge in [0.1, 0.15) is 0 Å². The number of carbonyl (C=O) groups is 3. The topological polar surface area (TPSA) is 125 Å². The summed E-state index contributed by atoms with van der Waals surface area (Å²) in [7, 11) is -4.42. The largest absolute Gasteiger partial charge is 0.337 e. The highest BCUT2D eigenvalue weighted by molar-refractivity contribution is 7.90. The predicted molar refractivity (Wildman–Crippen MR) is 129 cm³/mol. The van der Waals surface area contributed by atoms with Gasteiger partial charge < -0.3 is 10.6 Å². The van der Waals surface area contributed by atoms with Gasteiger partial charge >= 0.3 is 12.1 Å². The second-order valence-corrected chi connectivity index (χ2v) is 9.88. The quantitative estimate of drug-likeness (QED) is 0.535. The van der Waals surface area contributed by atoms with Crippen LogP contribution in [-0.4, -0.2) is 50.4 Å². The zero-order valence-electron chi connectivity index (χ0n) is 25.4. The van der Waals surface area contributed by atoms with Gasteiger partial charge in [0.15, 0.2) is 0 Å². The summed E-state index contributed by atoms with van der Waals surface area (Å²) in [5, 5.41) is 4.63. The van der Waals surface area contributed by atoms with Crippen molar-refractivity contribution in [1.29, 1.82) is 0 Å². The molecular formula is C24H34N4O5S. The van der Waals surface area contributed by atoms with Crippen LogP contribution < -0.4 is 15.4 Å². The molecule has 0 spiro atoms. The number of nitrogens with one attached hydrogen (secondary N) is 3. The molecule has 186 valence electrons. The average Bonchev–Trinajstić information content (AvgIpc) is 3.14. The van der Waals surface area contributed by atoms with Gasteiger partial charge in [-0.15, -0.1) is 0 Å². The average molecular weight is 497 g/mol. The first-order valence-electron chi connectivity index (χ1n) is 14.0. The zero-order chi connectivity index (χ0) is 30.3. The highest BCUT2D eigenvalue weighted by Gasteiger charge is 2.31. The number of hydrogen-bond acceptors (Lipinski definition) is 5. The molecule has 2 aliphatic rings. The smallest absolute Gasteiger partial charge is 0.328 e. The van der Waals surface area contributed by atoms with Crippen molar-refractivity contribution in [2.24, 2.45) is 5.89 Å². The maximum atomic E-state index is 12.7. The van der Waals surface area contributed by atoms with Crippen LogP contribution >= 0.6 is 0 Å². The van der Waals surface area contributed by atoms with E-state index in [1.54, 1.807) is 4.72 Å². The van der Waals surface area contributed by atoms with Crippen LogP contribution in [0, 0.1) is 5.89 Å². The molecule has 1 fully saturated rings. The molecule has 1 aliphatic carbocycles. The molecule has 1 aromatic carbocycles. The fourth-order valence-corrected chi connectivity index (χ4v) is 4.58. The number of urea groups is 2. The number of amides is 5. The molecule has 3 N–H and O–H groups in total. The summed E-state index contributed by atoms with van der Waals surface area (Å²) in [5.41, 5.74) is 2.15. The van der Waals surface area contributed by atoms with Crippen LogP contribution in [0.1, 0.15) is 66.6 Å². The van der Waals surface area contributed by atoms with Crippen LogP contribution in [0.15, 0.2) is 40.3 Å². The number of sulfonamides is 1. The van der Waals surface area contributed by atoms with E-state index >= 15 is 0 Å². The summed E-state index contributed by atoms with van der Waals surface area (Å²) in [6.07, 6.45) is -5.56. The van der Waals surface area contributed by atoms with Crippen LogP contribution in [0.2, 0.25) is 0 Å². The first kappa shape index (κ1) is 18.4. The van der Waals surface area contributed by atoms with E-state index in [1.807, 2.05) is 19.2 Å². The first-order valence-corrected chi connectivity index (χ1v) is 12.5. The summed E-state index contributed by atoms with van der Waals surface area (Å²) >= 11 is 0. The predicted octanol–water partition coefficient (Wildman–Crippen LogP) is 3.07. The lowest BCUT2D eigenvalue weighted by molar-refractivity contribution is -0.123. The Hall–Kier alpha value is -2.88. The van der Waals surface area contributed by atoms with Gasteiger partial charge in [-0.1, -0.05) is 26.0 Å². The molecule has 9 nitrogen and oxygen atoms in total. The number of rotatable bonds is 7. The van der Waals surface area contributed by atoms with Crippen LogP contribution in [-0.2, 0) is 21.2 Å². The Morgan fingerprint density at radius 2 is 1.91 bits per heavy atom. The van der Waals surface area contributed by atoms with Gasteiger partial charge in [0.25, 0.3) is 15.9 Å². The van der Waals surface area contributed by atoms with E-state index in [0.717, 1.165) is 10.5 Å². The van der Waals surface area contributed by atoms with Gasteiger partial charge in [-0.05, 0) is 74.5 Å². The van der Waals surface area contributed by atoms with Crippen LogP contribution in [0.4, 0.5) is 9.59 Å². The molecule has 34 heavy (non-hydrogen) atoms. The molecule has 3 rings (SSSR count). The molecule has 0 unspecified atom stereocenters. The minimum absolute atomic E-state index is 0.189. The molecule has 0 bridgehead atoms. The Bertz CT molecular complexity index is 1330. The summed E-state index contributed by atoms with van der Waals surface area (Å²) < 4.78 is 76.1. The molecule has 0 saturated heterocycles. The third-order valence-electron chi connectivity index (χ3n) is 5.60. The Labute approximate surface area is 209 Å². The highest BCUT2D eigenvalue weighted by Crippen LogP contribution is 2.23. The standard InChI is InChI=1S/C24H34N4O5S/c1-4-21-17(3)15-28(22(21)29)24(31)25-14-13-18-7-11-20(12-8-18)34(32,33)27-23(30)26-19-9-5-16(2)6-10-19/h7-8,11-12,16,19H,4-6,9-10,13-15H2,1-3H3,(H,25,31)(H2,26,27,30)/t16-,19-/i5D2,9D2,16D,19D/m1/s1. The molecule has 1 heterocycles. The number of carbonyl (C=O) groups excluding carboxylic acids is 3. The van der Waals surface area contributed by atoms with Crippen LogP contribution in [0.25, 0.3) is 0 Å². The molecule has 1 aliphatic heterocycles. The van der Waals surface area contributed by atoms with Crippen molar-refractivity contribution in [2.75, 3.05) is 13.1 Å². The van der Waals surface area contributed by atoms with Crippen molar-refractivity contribution >= 4 is 28.0 Å². The van der Waals surface area contributed by atoms with Crippen molar-refractivity contribution in [2.45, 2.75) is 70.1 Å². The fraction of sp³-hybridized carbons (Fsp3) is 0.542. The van der Waals surface area contributed by atoms with E-state index in [1.165, 1.54) is 31.2 Å². The Kier molecular flexibility index (Phi) is 5.98. The minimum atomic E-state index is -4.42.